The fraction of sp³-hybridized carbons (Fsp3) is 1.00. The highest BCUT2D eigenvalue weighted by Gasteiger charge is 2.09. The van der Waals surface area contributed by atoms with Crippen molar-refractivity contribution in [3.8, 4) is 0 Å². The Labute approximate surface area is 92.0 Å². The molecule has 0 heterocycles. The van der Waals surface area contributed by atoms with Gasteiger partial charge in [-0.25, -0.2) is 0 Å². The standard InChI is InChI=1S/C12H28OSi/c1-4-7-9-11-14(13-6-3)12-10-8-5-2/h14H,4-12H2,1-3H3. The fourth-order valence-electron chi connectivity index (χ4n) is 1.79. The third-order valence-electron chi connectivity index (χ3n) is 2.66. The summed E-state index contributed by atoms with van der Waals surface area (Å²) >= 11 is 0. The van der Waals surface area contributed by atoms with Crippen LogP contribution in [0.15, 0.2) is 0 Å². The van der Waals surface area contributed by atoms with E-state index < -0.39 is 9.04 Å². The van der Waals surface area contributed by atoms with Crippen LogP contribution in [0.3, 0.4) is 0 Å². The van der Waals surface area contributed by atoms with Crippen LogP contribution in [-0.4, -0.2) is 15.6 Å². The first-order valence-corrected chi connectivity index (χ1v) is 8.57. The summed E-state index contributed by atoms with van der Waals surface area (Å²) < 4.78 is 5.87. The van der Waals surface area contributed by atoms with Crippen LogP contribution in [0, 0.1) is 0 Å². The van der Waals surface area contributed by atoms with E-state index in [-0.39, 0.29) is 0 Å². The van der Waals surface area contributed by atoms with Crippen molar-refractivity contribution in [2.24, 2.45) is 0 Å². The van der Waals surface area contributed by atoms with Gasteiger partial charge in [-0.1, -0.05) is 52.4 Å². The first-order chi connectivity index (χ1) is 6.85. The minimum Gasteiger partial charge on any atom is -0.420 e. The van der Waals surface area contributed by atoms with Crippen molar-refractivity contribution in [1.82, 2.24) is 0 Å². The van der Waals surface area contributed by atoms with Crippen LogP contribution in [0.4, 0.5) is 0 Å². The lowest BCUT2D eigenvalue weighted by Gasteiger charge is -2.14. The minimum absolute atomic E-state index is 0.797. The molecule has 0 rings (SSSR count). The van der Waals surface area contributed by atoms with Crippen LogP contribution in [0.25, 0.3) is 0 Å². The van der Waals surface area contributed by atoms with Crippen molar-refractivity contribution < 1.29 is 4.43 Å². The molecule has 0 aromatic rings. The summed E-state index contributed by atoms with van der Waals surface area (Å²) in [7, 11) is -0.797. The Morgan fingerprint density at radius 2 is 1.29 bits per heavy atom. The zero-order valence-electron chi connectivity index (χ0n) is 10.3. The van der Waals surface area contributed by atoms with Gasteiger partial charge in [-0.2, -0.15) is 0 Å². The highest BCUT2D eigenvalue weighted by molar-refractivity contribution is 6.51. The van der Waals surface area contributed by atoms with Gasteiger partial charge in [0.1, 0.15) is 0 Å². The van der Waals surface area contributed by atoms with Gasteiger partial charge in [-0.05, 0) is 19.0 Å². The molecule has 0 fully saturated rings. The lowest BCUT2D eigenvalue weighted by atomic mass is 10.3. The number of hydrogen-bond donors (Lipinski definition) is 0. The van der Waals surface area contributed by atoms with Gasteiger partial charge in [-0.15, -0.1) is 0 Å². The Hall–Kier alpha value is 0.177. The molecule has 0 saturated carbocycles. The third kappa shape index (κ3) is 8.76. The van der Waals surface area contributed by atoms with E-state index in [1.54, 1.807) is 0 Å². The second kappa shape index (κ2) is 11.3. The fourth-order valence-corrected chi connectivity index (χ4v) is 4.37. The maximum absolute atomic E-state index is 5.87. The molecular formula is C12H28OSi. The molecule has 0 amide bonds. The summed E-state index contributed by atoms with van der Waals surface area (Å²) in [4.78, 5) is 0. The van der Waals surface area contributed by atoms with Gasteiger partial charge in [0.05, 0.1) is 0 Å². The van der Waals surface area contributed by atoms with Gasteiger partial charge in [0, 0.05) is 6.61 Å². The Morgan fingerprint density at radius 3 is 1.64 bits per heavy atom. The second-order valence-electron chi connectivity index (χ2n) is 4.07. The maximum atomic E-state index is 5.87. The molecule has 0 aromatic heterocycles. The van der Waals surface area contributed by atoms with E-state index >= 15 is 0 Å². The Morgan fingerprint density at radius 1 is 0.786 bits per heavy atom. The first-order valence-electron chi connectivity index (χ1n) is 6.46. The highest BCUT2D eigenvalue weighted by Crippen LogP contribution is 2.12. The van der Waals surface area contributed by atoms with E-state index in [2.05, 4.69) is 20.8 Å². The summed E-state index contributed by atoms with van der Waals surface area (Å²) in [6.07, 6.45) is 8.26. The number of unbranched alkanes of at least 4 members (excludes halogenated alkanes) is 4. The van der Waals surface area contributed by atoms with Gasteiger partial charge >= 0.3 is 0 Å². The van der Waals surface area contributed by atoms with E-state index in [0.29, 0.717) is 0 Å². The molecule has 2 heteroatoms. The monoisotopic (exact) mass is 216 g/mol. The van der Waals surface area contributed by atoms with Crippen LogP contribution in [0.5, 0.6) is 0 Å². The predicted octanol–water partition coefficient (Wildman–Crippen LogP) is 4.13. The SMILES string of the molecule is CCCCC[SiH](CCCCC)OCC. The van der Waals surface area contributed by atoms with Crippen molar-refractivity contribution in [2.75, 3.05) is 6.61 Å². The summed E-state index contributed by atoms with van der Waals surface area (Å²) in [6.45, 7) is 7.62. The largest absolute Gasteiger partial charge is 0.420 e. The molecule has 0 bridgehead atoms. The molecule has 0 aliphatic heterocycles. The summed E-state index contributed by atoms with van der Waals surface area (Å²) in [5, 5.41) is 0. The molecule has 0 N–H and O–H groups in total. The molecule has 0 aliphatic rings. The first kappa shape index (κ1) is 14.2. The smallest absolute Gasteiger partial charge is 0.176 e. The lowest BCUT2D eigenvalue weighted by Crippen LogP contribution is -2.17. The van der Waals surface area contributed by atoms with Crippen molar-refractivity contribution in [3.05, 3.63) is 0 Å². The molecule has 86 valence electrons. The summed E-state index contributed by atoms with van der Waals surface area (Å²) in [5.41, 5.74) is 0. The maximum Gasteiger partial charge on any atom is 0.176 e. The molecule has 0 atom stereocenters. The van der Waals surface area contributed by atoms with Crippen molar-refractivity contribution in [2.45, 2.75) is 71.4 Å². The van der Waals surface area contributed by atoms with E-state index in [1.807, 2.05) is 0 Å². The molecule has 0 aromatic carbocycles. The zero-order valence-corrected chi connectivity index (χ0v) is 11.5. The quantitative estimate of drug-likeness (QED) is 0.394. The molecule has 14 heavy (non-hydrogen) atoms. The van der Waals surface area contributed by atoms with Crippen molar-refractivity contribution in [3.63, 3.8) is 0 Å². The second-order valence-corrected chi connectivity index (χ2v) is 6.80. The third-order valence-corrected chi connectivity index (χ3v) is 5.57. The van der Waals surface area contributed by atoms with E-state index in [9.17, 15) is 0 Å². The van der Waals surface area contributed by atoms with Crippen LogP contribution in [0.2, 0.25) is 12.1 Å². The van der Waals surface area contributed by atoms with Crippen LogP contribution in [0.1, 0.15) is 59.3 Å². The van der Waals surface area contributed by atoms with E-state index in [4.69, 9.17) is 4.43 Å². The topological polar surface area (TPSA) is 9.23 Å². The minimum atomic E-state index is -0.797. The average molecular weight is 216 g/mol. The summed E-state index contributed by atoms with van der Waals surface area (Å²) in [5.74, 6) is 0. The normalized spacial score (nSPS) is 11.1. The molecule has 0 spiro atoms. The van der Waals surface area contributed by atoms with Gasteiger partial charge in [0.25, 0.3) is 0 Å². The van der Waals surface area contributed by atoms with Crippen LogP contribution < -0.4 is 0 Å². The van der Waals surface area contributed by atoms with E-state index in [1.165, 1.54) is 50.6 Å². The molecular weight excluding hydrogens is 188 g/mol. The number of hydrogen-bond acceptors (Lipinski definition) is 1. The van der Waals surface area contributed by atoms with Gasteiger partial charge in [-0.3, -0.25) is 0 Å². The summed E-state index contributed by atoms with van der Waals surface area (Å²) in [6, 6.07) is 2.82. The average Bonchev–Trinajstić information content (AvgIpc) is 2.18. The number of rotatable bonds is 10. The molecule has 1 nitrogen and oxygen atoms in total. The molecule has 0 unspecified atom stereocenters. The molecule has 0 saturated heterocycles. The Kier molecular flexibility index (Phi) is 11.4. The van der Waals surface area contributed by atoms with Crippen LogP contribution in [-0.2, 0) is 4.43 Å². The molecule has 0 aliphatic carbocycles. The van der Waals surface area contributed by atoms with Gasteiger partial charge < -0.3 is 4.43 Å². The van der Waals surface area contributed by atoms with Gasteiger partial charge in [0.15, 0.2) is 9.04 Å². The Balaban J connectivity index is 3.44. The highest BCUT2D eigenvalue weighted by atomic mass is 28.3. The van der Waals surface area contributed by atoms with Gasteiger partial charge in [0.2, 0.25) is 0 Å². The predicted molar refractivity (Wildman–Crippen MR) is 67.4 cm³/mol. The Bertz CT molecular complexity index is 96.5. The molecule has 0 radical (unpaired) electrons. The zero-order chi connectivity index (χ0) is 10.6. The van der Waals surface area contributed by atoms with Crippen LogP contribution >= 0.6 is 0 Å². The van der Waals surface area contributed by atoms with E-state index in [0.717, 1.165) is 6.61 Å². The van der Waals surface area contributed by atoms with Crippen molar-refractivity contribution in [1.29, 1.82) is 0 Å². The van der Waals surface area contributed by atoms with Crippen molar-refractivity contribution >= 4 is 9.04 Å². The lowest BCUT2D eigenvalue weighted by molar-refractivity contribution is 0.338.